The van der Waals surface area contributed by atoms with Gasteiger partial charge in [0.25, 0.3) is 5.91 Å². The van der Waals surface area contributed by atoms with Gasteiger partial charge in [-0.25, -0.2) is 10.5 Å². The Morgan fingerprint density at radius 3 is 2.42 bits per heavy atom. The molecule has 2 aromatic heterocycles. The molecule has 0 spiro atoms. The number of hydroxylamine groups is 1. The second kappa shape index (κ2) is 19.3. The Morgan fingerprint density at radius 2 is 1.90 bits per heavy atom. The fourth-order valence-corrected chi connectivity index (χ4v) is 2.34. The zero-order valence-corrected chi connectivity index (χ0v) is 19.9. The summed E-state index contributed by atoms with van der Waals surface area (Å²) in [5.74, 6) is 0.106. The Bertz CT molecular complexity index is 757. The molecular formula is C23H41N5O3. The van der Waals surface area contributed by atoms with Crippen molar-refractivity contribution >= 4 is 30.2 Å². The molecule has 0 fully saturated rings. The average Bonchev–Trinajstić information content (AvgIpc) is 3.12. The van der Waals surface area contributed by atoms with Gasteiger partial charge in [0.1, 0.15) is 18.3 Å². The van der Waals surface area contributed by atoms with Gasteiger partial charge in [0, 0.05) is 18.3 Å². The molecule has 0 saturated heterocycles. The number of carbonyl (C=O) groups is 2. The minimum atomic E-state index is -0.570. The topological polar surface area (TPSA) is 122 Å². The van der Waals surface area contributed by atoms with Crippen LogP contribution in [-0.2, 0) is 16.0 Å². The summed E-state index contributed by atoms with van der Waals surface area (Å²) in [6.45, 7) is 12.4. The van der Waals surface area contributed by atoms with E-state index in [9.17, 15) is 4.79 Å². The molecule has 8 nitrogen and oxygen atoms in total. The number of fused-ring (bicyclic) bond motifs is 1. The van der Waals surface area contributed by atoms with Gasteiger partial charge >= 0.3 is 0 Å². The van der Waals surface area contributed by atoms with E-state index in [4.69, 9.17) is 15.7 Å². The summed E-state index contributed by atoms with van der Waals surface area (Å²) in [7, 11) is 1.95. The van der Waals surface area contributed by atoms with Gasteiger partial charge in [-0.05, 0) is 43.7 Å². The highest BCUT2D eigenvalue weighted by Gasteiger charge is 2.09. The van der Waals surface area contributed by atoms with E-state index >= 15 is 0 Å². The van der Waals surface area contributed by atoms with Gasteiger partial charge in [0.15, 0.2) is 0 Å². The maximum Gasteiger partial charge on any atom is 0.267 e. The number of carbonyl (C=O) groups excluding carboxylic acids is 2. The summed E-state index contributed by atoms with van der Waals surface area (Å²) >= 11 is 0. The average molecular weight is 436 g/mol. The lowest BCUT2D eigenvalue weighted by molar-refractivity contribution is -0.124. The maximum atomic E-state index is 11.0. The van der Waals surface area contributed by atoms with Crippen LogP contribution in [0.5, 0.6) is 0 Å². The number of nitrogens with two attached hydrogens (primary N) is 1. The number of aromatic nitrogens is 2. The zero-order valence-electron chi connectivity index (χ0n) is 19.9. The highest BCUT2D eigenvalue weighted by atomic mass is 16.5. The number of nitrogens with one attached hydrogen (secondary N) is 2. The van der Waals surface area contributed by atoms with Gasteiger partial charge < -0.3 is 15.8 Å². The van der Waals surface area contributed by atoms with E-state index < -0.39 is 5.91 Å². The normalized spacial score (nSPS) is 9.94. The predicted molar refractivity (Wildman–Crippen MR) is 129 cm³/mol. The third kappa shape index (κ3) is 12.6. The van der Waals surface area contributed by atoms with Crippen LogP contribution in [0.3, 0.4) is 0 Å². The van der Waals surface area contributed by atoms with Gasteiger partial charge in [-0.2, -0.15) is 0 Å². The number of nitrogens with zero attached hydrogens (tertiary/aromatic N) is 2. The van der Waals surface area contributed by atoms with Gasteiger partial charge in [0.2, 0.25) is 0 Å². The Hall–Kier alpha value is -2.71. The van der Waals surface area contributed by atoms with E-state index in [1.165, 1.54) is 25.3 Å². The summed E-state index contributed by atoms with van der Waals surface area (Å²) in [4.78, 5) is 23.6. The number of aryl methyl sites for hydroxylation is 1. The van der Waals surface area contributed by atoms with Crippen LogP contribution in [0.4, 0.5) is 5.82 Å². The van der Waals surface area contributed by atoms with Crippen LogP contribution in [0, 0.1) is 0 Å². The van der Waals surface area contributed by atoms with Crippen LogP contribution < -0.4 is 16.5 Å². The van der Waals surface area contributed by atoms with Crippen LogP contribution >= 0.6 is 0 Å². The van der Waals surface area contributed by atoms with E-state index in [2.05, 4.69) is 31.1 Å². The molecule has 0 atom stereocenters. The Labute approximate surface area is 186 Å². The van der Waals surface area contributed by atoms with Crippen molar-refractivity contribution in [1.82, 2.24) is 20.2 Å². The predicted octanol–water partition coefficient (Wildman–Crippen LogP) is 4.01. The Balaban J connectivity index is 0. The molecule has 176 valence electrons. The Morgan fingerprint density at radius 1 is 1.29 bits per heavy atom. The maximum absolute atomic E-state index is 11.0. The fourth-order valence-electron chi connectivity index (χ4n) is 2.34. The molecule has 0 aliphatic rings. The minimum absolute atomic E-state index is 0.570. The van der Waals surface area contributed by atoms with Crippen LogP contribution in [0.15, 0.2) is 24.4 Å². The van der Waals surface area contributed by atoms with Crippen molar-refractivity contribution in [2.24, 2.45) is 0 Å². The molecule has 0 radical (unpaired) electrons. The van der Waals surface area contributed by atoms with Crippen LogP contribution in [0.1, 0.15) is 71.6 Å². The first-order valence-corrected chi connectivity index (χ1v) is 10.8. The first kappa shape index (κ1) is 30.5. The van der Waals surface area contributed by atoms with Gasteiger partial charge in [-0.3, -0.25) is 14.4 Å². The first-order valence-electron chi connectivity index (χ1n) is 10.8. The highest BCUT2D eigenvalue weighted by Crippen LogP contribution is 2.19. The Kier molecular flexibility index (Phi) is 18.9. The minimum Gasteiger partial charge on any atom is -0.383 e. The van der Waals surface area contributed by atoms with Crippen LogP contribution in [-0.4, -0.2) is 40.4 Å². The number of nitrogen functional groups attached to an aromatic ring is 1. The van der Waals surface area contributed by atoms with Gasteiger partial charge in [0.05, 0.1) is 5.69 Å². The number of hydrogen-bond donors (Lipinski definition) is 4. The number of anilines is 1. The van der Waals surface area contributed by atoms with Gasteiger partial charge in [-0.15, -0.1) is 0 Å². The molecule has 2 heterocycles. The van der Waals surface area contributed by atoms with Gasteiger partial charge in [-0.1, -0.05) is 53.9 Å². The standard InChI is InChI=1S/C16H22N4O2.C4H11N.C2H6.CH2O/c1-2-3-4-5-6-13-16(17)20-10-9-12(11-14(20)18-13)7-8-15(21)19-22;1-4(2)5-3;2*1-2/h7-11,22H,2-6,17H2,1H3,(H,19,21);4-5H,1-3H3;1-2H3;1H2/b8-7+;;;. The quantitative estimate of drug-likeness (QED) is 0.215. The van der Waals surface area contributed by atoms with Crippen molar-refractivity contribution in [2.75, 3.05) is 12.8 Å². The fraction of sp³-hybridized carbons (Fsp3) is 0.522. The lowest BCUT2D eigenvalue weighted by atomic mass is 10.1. The molecule has 0 aliphatic carbocycles. The summed E-state index contributed by atoms with van der Waals surface area (Å²) < 4.78 is 1.85. The largest absolute Gasteiger partial charge is 0.383 e. The number of amides is 1. The van der Waals surface area contributed by atoms with Crippen molar-refractivity contribution in [3.63, 3.8) is 0 Å². The van der Waals surface area contributed by atoms with Crippen molar-refractivity contribution in [1.29, 1.82) is 0 Å². The van der Waals surface area contributed by atoms with E-state index in [1.54, 1.807) is 11.6 Å². The third-order valence-corrected chi connectivity index (χ3v) is 4.15. The highest BCUT2D eigenvalue weighted by molar-refractivity contribution is 5.90. The molecule has 2 rings (SSSR count). The number of imidazole rings is 1. The molecule has 2 aromatic rings. The molecule has 8 heteroatoms. The monoisotopic (exact) mass is 435 g/mol. The molecule has 0 unspecified atom stereocenters. The number of pyridine rings is 1. The summed E-state index contributed by atoms with van der Waals surface area (Å²) in [5.41, 5.74) is 10.2. The lowest BCUT2D eigenvalue weighted by Gasteiger charge is -1.99. The SMILES string of the molecule is C=O.CC.CCCCCCc1nc2cc(/C=C/C(=O)NO)ccn2c1N.CNC(C)C. The van der Waals surface area contributed by atoms with E-state index in [0.717, 1.165) is 29.7 Å². The molecule has 31 heavy (non-hydrogen) atoms. The van der Waals surface area contributed by atoms with Crippen molar-refractivity contribution in [2.45, 2.75) is 72.8 Å². The molecule has 5 N–H and O–H groups in total. The summed E-state index contributed by atoms with van der Waals surface area (Å²) in [6, 6.07) is 4.33. The van der Waals surface area contributed by atoms with Crippen LogP contribution in [0.25, 0.3) is 11.7 Å². The molecular weight excluding hydrogens is 394 g/mol. The van der Waals surface area contributed by atoms with Crippen molar-refractivity contribution in [3.05, 3.63) is 35.7 Å². The second-order valence-corrected chi connectivity index (χ2v) is 6.70. The molecule has 0 aromatic carbocycles. The van der Waals surface area contributed by atoms with E-state index in [1.807, 2.05) is 50.4 Å². The number of rotatable bonds is 8. The number of hydrogen-bond acceptors (Lipinski definition) is 6. The number of unbranched alkanes of at least 4 members (excludes halogenated alkanes) is 3. The van der Waals surface area contributed by atoms with E-state index in [-0.39, 0.29) is 0 Å². The van der Waals surface area contributed by atoms with E-state index in [0.29, 0.717) is 11.9 Å². The molecule has 0 aliphatic heterocycles. The first-order chi connectivity index (χ1) is 14.9. The smallest absolute Gasteiger partial charge is 0.267 e. The summed E-state index contributed by atoms with van der Waals surface area (Å²) in [5, 5.41) is 11.5. The summed E-state index contributed by atoms with van der Waals surface area (Å²) in [6.07, 6.45) is 10.3. The van der Waals surface area contributed by atoms with Crippen LogP contribution in [0.2, 0.25) is 0 Å². The zero-order chi connectivity index (χ0) is 24.2. The molecule has 1 amide bonds. The molecule has 0 bridgehead atoms. The molecule has 0 saturated carbocycles. The third-order valence-electron chi connectivity index (χ3n) is 4.15. The van der Waals surface area contributed by atoms with Crippen molar-refractivity contribution < 1.29 is 14.8 Å². The lowest BCUT2D eigenvalue weighted by Crippen LogP contribution is -2.15. The second-order valence-electron chi connectivity index (χ2n) is 6.70. The van der Waals surface area contributed by atoms with Crippen molar-refractivity contribution in [3.8, 4) is 0 Å².